The van der Waals surface area contributed by atoms with Gasteiger partial charge in [-0.15, -0.1) is 0 Å². The van der Waals surface area contributed by atoms with Crippen molar-refractivity contribution in [3.8, 4) is 0 Å². The van der Waals surface area contributed by atoms with Gasteiger partial charge in [-0.05, 0) is 26.7 Å². The number of hydrogen-bond donors (Lipinski definition) is 3. The Kier molecular flexibility index (Phi) is 8.75. The Morgan fingerprint density at radius 3 is 2.10 bits per heavy atom. The summed E-state index contributed by atoms with van der Waals surface area (Å²) >= 11 is 0. The van der Waals surface area contributed by atoms with Gasteiger partial charge in [0.25, 0.3) is 0 Å². The molecule has 0 heterocycles. The molecule has 0 bridgehead atoms. The Morgan fingerprint density at radius 2 is 1.57 bits per heavy atom. The Morgan fingerprint density at radius 1 is 1.00 bits per heavy atom. The maximum absolute atomic E-state index is 11.6. The number of carboxylic acid groups (broad SMARTS) is 1. The van der Waals surface area contributed by atoms with E-state index in [0.717, 1.165) is 0 Å². The van der Waals surface area contributed by atoms with Crippen molar-refractivity contribution >= 4 is 23.8 Å². The molecule has 0 aliphatic rings. The molecule has 0 rings (SSSR count). The highest BCUT2D eigenvalue weighted by Crippen LogP contribution is 2.01. The third-order valence-corrected chi connectivity index (χ3v) is 2.76. The summed E-state index contributed by atoms with van der Waals surface area (Å²) in [7, 11) is 1.30. The number of ether oxygens (including phenoxy) is 1. The summed E-state index contributed by atoms with van der Waals surface area (Å²) < 4.78 is 4.47. The first-order chi connectivity index (χ1) is 9.77. The van der Waals surface area contributed by atoms with Crippen LogP contribution in [0.25, 0.3) is 0 Å². The van der Waals surface area contributed by atoms with E-state index in [1.54, 1.807) is 0 Å². The van der Waals surface area contributed by atoms with Gasteiger partial charge in [0, 0.05) is 12.8 Å². The predicted octanol–water partition coefficient (Wildman–Crippen LogP) is -0.186. The van der Waals surface area contributed by atoms with Crippen molar-refractivity contribution in [2.75, 3.05) is 7.11 Å². The van der Waals surface area contributed by atoms with E-state index in [1.165, 1.54) is 21.0 Å². The van der Waals surface area contributed by atoms with E-state index in [0.29, 0.717) is 12.8 Å². The molecular formula is C13H22N2O6. The molecule has 2 amide bonds. The monoisotopic (exact) mass is 302 g/mol. The second-order valence-corrected chi connectivity index (χ2v) is 4.64. The van der Waals surface area contributed by atoms with Crippen molar-refractivity contribution in [2.45, 2.75) is 51.6 Å². The van der Waals surface area contributed by atoms with Gasteiger partial charge in [-0.2, -0.15) is 0 Å². The topological polar surface area (TPSA) is 122 Å². The third-order valence-electron chi connectivity index (χ3n) is 2.76. The zero-order valence-corrected chi connectivity index (χ0v) is 12.5. The number of hydrogen-bond acceptors (Lipinski definition) is 5. The Balaban J connectivity index is 3.95. The molecule has 8 nitrogen and oxygen atoms in total. The number of carbonyl (C=O) groups excluding carboxylic acids is 3. The number of amides is 2. The van der Waals surface area contributed by atoms with Crippen molar-refractivity contribution < 1.29 is 29.0 Å². The molecule has 8 heteroatoms. The van der Waals surface area contributed by atoms with Crippen LogP contribution in [0, 0.1) is 0 Å². The molecule has 0 aromatic heterocycles. The van der Waals surface area contributed by atoms with Gasteiger partial charge < -0.3 is 20.5 Å². The van der Waals surface area contributed by atoms with Gasteiger partial charge in [-0.25, -0.2) is 0 Å². The minimum atomic E-state index is -1.15. The molecule has 0 aromatic carbocycles. The first kappa shape index (κ1) is 18.9. The highest BCUT2D eigenvalue weighted by Gasteiger charge is 2.20. The fraction of sp³-hybridized carbons (Fsp3) is 0.692. The van der Waals surface area contributed by atoms with Crippen LogP contribution in [0.3, 0.4) is 0 Å². The van der Waals surface area contributed by atoms with Crippen LogP contribution in [0.15, 0.2) is 0 Å². The SMILES string of the molecule is COC(=O)CCCCC(=O)N[C@@H](C)C(=O)N[C@@H](C)C(=O)O. The molecule has 0 spiro atoms. The van der Waals surface area contributed by atoms with Crippen LogP contribution in [0.4, 0.5) is 0 Å². The number of carboxylic acids is 1. The average molecular weight is 302 g/mol. The Labute approximate surface area is 123 Å². The Bertz CT molecular complexity index is 396. The van der Waals surface area contributed by atoms with Crippen molar-refractivity contribution in [1.82, 2.24) is 10.6 Å². The molecule has 2 atom stereocenters. The maximum atomic E-state index is 11.6. The van der Waals surface area contributed by atoms with E-state index in [9.17, 15) is 19.2 Å². The van der Waals surface area contributed by atoms with Gasteiger partial charge in [0.15, 0.2) is 0 Å². The standard InChI is InChI=1S/C13H22N2O6/c1-8(12(18)15-9(2)13(19)20)14-10(16)6-4-5-7-11(17)21-3/h8-9H,4-7H2,1-3H3,(H,14,16)(H,15,18)(H,19,20)/t8-,9-/m0/s1. The van der Waals surface area contributed by atoms with E-state index < -0.39 is 24.0 Å². The quantitative estimate of drug-likeness (QED) is 0.401. The smallest absolute Gasteiger partial charge is 0.325 e. The lowest BCUT2D eigenvalue weighted by Crippen LogP contribution is -2.49. The molecule has 21 heavy (non-hydrogen) atoms. The summed E-state index contributed by atoms with van der Waals surface area (Å²) in [5, 5.41) is 13.4. The van der Waals surface area contributed by atoms with E-state index in [-0.39, 0.29) is 24.7 Å². The number of rotatable bonds is 9. The van der Waals surface area contributed by atoms with Crippen molar-refractivity contribution in [3.63, 3.8) is 0 Å². The number of nitrogens with one attached hydrogen (secondary N) is 2. The van der Waals surface area contributed by atoms with Crippen LogP contribution in [-0.4, -0.2) is 48.1 Å². The van der Waals surface area contributed by atoms with Gasteiger partial charge in [0.2, 0.25) is 11.8 Å². The number of aliphatic carboxylic acids is 1. The fourth-order valence-electron chi connectivity index (χ4n) is 1.44. The van der Waals surface area contributed by atoms with Gasteiger partial charge in [0.05, 0.1) is 7.11 Å². The zero-order chi connectivity index (χ0) is 16.4. The van der Waals surface area contributed by atoms with Crippen LogP contribution in [0.2, 0.25) is 0 Å². The largest absolute Gasteiger partial charge is 0.480 e. The Hall–Kier alpha value is -2.12. The summed E-state index contributed by atoms with van der Waals surface area (Å²) in [6.45, 7) is 2.80. The molecule has 0 saturated carbocycles. The average Bonchev–Trinajstić information content (AvgIpc) is 2.42. The summed E-state index contributed by atoms with van der Waals surface area (Å²) in [5.41, 5.74) is 0. The van der Waals surface area contributed by atoms with Gasteiger partial charge >= 0.3 is 11.9 Å². The number of methoxy groups -OCH3 is 1. The van der Waals surface area contributed by atoms with Gasteiger partial charge in [0.1, 0.15) is 12.1 Å². The van der Waals surface area contributed by atoms with Crippen molar-refractivity contribution in [3.05, 3.63) is 0 Å². The van der Waals surface area contributed by atoms with Gasteiger partial charge in [-0.1, -0.05) is 0 Å². The molecule has 0 fully saturated rings. The molecular weight excluding hydrogens is 280 g/mol. The molecule has 0 aliphatic heterocycles. The second-order valence-electron chi connectivity index (χ2n) is 4.64. The van der Waals surface area contributed by atoms with E-state index in [4.69, 9.17) is 5.11 Å². The summed E-state index contributed by atoms with van der Waals surface area (Å²) in [6.07, 6.45) is 1.45. The molecule has 0 unspecified atom stereocenters. The first-order valence-electron chi connectivity index (χ1n) is 6.67. The zero-order valence-electron chi connectivity index (χ0n) is 12.5. The summed E-state index contributed by atoms with van der Waals surface area (Å²) in [4.78, 5) is 44.6. The van der Waals surface area contributed by atoms with E-state index >= 15 is 0 Å². The number of carbonyl (C=O) groups is 4. The molecule has 120 valence electrons. The molecule has 0 aliphatic carbocycles. The van der Waals surface area contributed by atoms with E-state index in [1.807, 2.05) is 0 Å². The second kappa shape index (κ2) is 9.73. The van der Waals surface area contributed by atoms with Crippen LogP contribution in [0.5, 0.6) is 0 Å². The number of unbranched alkanes of at least 4 members (excludes halogenated alkanes) is 1. The molecule has 0 radical (unpaired) electrons. The van der Waals surface area contributed by atoms with Crippen LogP contribution >= 0.6 is 0 Å². The molecule has 3 N–H and O–H groups in total. The van der Waals surface area contributed by atoms with Crippen LogP contribution < -0.4 is 10.6 Å². The summed E-state index contributed by atoms with van der Waals surface area (Å²) in [6, 6.07) is -1.84. The van der Waals surface area contributed by atoms with Crippen molar-refractivity contribution in [1.29, 1.82) is 0 Å². The lowest BCUT2D eigenvalue weighted by atomic mass is 10.2. The maximum Gasteiger partial charge on any atom is 0.325 e. The fourth-order valence-corrected chi connectivity index (χ4v) is 1.44. The third kappa shape index (κ3) is 8.61. The van der Waals surface area contributed by atoms with Crippen LogP contribution in [0.1, 0.15) is 39.5 Å². The molecule has 0 saturated heterocycles. The predicted molar refractivity (Wildman–Crippen MR) is 73.3 cm³/mol. The lowest BCUT2D eigenvalue weighted by Gasteiger charge is -2.16. The lowest BCUT2D eigenvalue weighted by molar-refractivity contribution is -0.142. The summed E-state index contributed by atoms with van der Waals surface area (Å²) in [5.74, 6) is -2.37. The normalized spacial score (nSPS) is 12.9. The minimum absolute atomic E-state index is 0.184. The highest BCUT2D eigenvalue weighted by molar-refractivity contribution is 5.89. The minimum Gasteiger partial charge on any atom is -0.480 e. The van der Waals surface area contributed by atoms with Crippen LogP contribution in [-0.2, 0) is 23.9 Å². The van der Waals surface area contributed by atoms with E-state index in [2.05, 4.69) is 15.4 Å². The number of esters is 1. The first-order valence-corrected chi connectivity index (χ1v) is 6.67. The molecule has 0 aromatic rings. The van der Waals surface area contributed by atoms with Crippen molar-refractivity contribution in [2.24, 2.45) is 0 Å². The highest BCUT2D eigenvalue weighted by atomic mass is 16.5. The van der Waals surface area contributed by atoms with Gasteiger partial charge in [-0.3, -0.25) is 19.2 Å².